The molecule has 1 N–H and O–H groups in total. The van der Waals surface area contributed by atoms with E-state index < -0.39 is 11.9 Å². The summed E-state index contributed by atoms with van der Waals surface area (Å²) in [6.45, 7) is 2.96. The van der Waals surface area contributed by atoms with Crippen LogP contribution in [0.1, 0.15) is 32.6 Å². The molecule has 0 aromatic carbocycles. The molecule has 2 saturated heterocycles. The minimum atomic E-state index is -0.803. The molecule has 0 aromatic heterocycles. The van der Waals surface area contributed by atoms with E-state index in [0.29, 0.717) is 19.5 Å². The SMILES string of the molecule is CC1CCC(C(=O)N2CCC[C@H](C(=O)O)C2)O1. The van der Waals surface area contributed by atoms with Crippen molar-refractivity contribution < 1.29 is 19.4 Å². The number of piperidine rings is 1. The Morgan fingerprint density at radius 1 is 1.29 bits per heavy atom. The lowest BCUT2D eigenvalue weighted by Crippen LogP contribution is -2.46. The Morgan fingerprint density at radius 3 is 2.65 bits per heavy atom. The van der Waals surface area contributed by atoms with Gasteiger partial charge >= 0.3 is 5.97 Å². The first-order chi connectivity index (χ1) is 8.08. The molecule has 0 bridgehead atoms. The molecule has 0 radical (unpaired) electrons. The van der Waals surface area contributed by atoms with Crippen molar-refractivity contribution in [3.63, 3.8) is 0 Å². The first kappa shape index (κ1) is 12.4. The van der Waals surface area contributed by atoms with Crippen LogP contribution in [0, 0.1) is 5.92 Å². The Labute approximate surface area is 101 Å². The highest BCUT2D eigenvalue weighted by Gasteiger charge is 2.35. The maximum Gasteiger partial charge on any atom is 0.308 e. The van der Waals surface area contributed by atoms with Crippen molar-refractivity contribution in [2.75, 3.05) is 13.1 Å². The van der Waals surface area contributed by atoms with E-state index in [1.54, 1.807) is 4.90 Å². The molecule has 2 heterocycles. The average molecular weight is 241 g/mol. The number of carbonyl (C=O) groups excluding carboxylic acids is 1. The van der Waals surface area contributed by atoms with Gasteiger partial charge in [-0.1, -0.05) is 0 Å². The molecule has 1 amide bonds. The zero-order valence-electron chi connectivity index (χ0n) is 10.1. The molecule has 17 heavy (non-hydrogen) atoms. The first-order valence-corrected chi connectivity index (χ1v) is 6.25. The Morgan fingerprint density at radius 2 is 2.06 bits per heavy atom. The van der Waals surface area contributed by atoms with Gasteiger partial charge in [-0.25, -0.2) is 0 Å². The van der Waals surface area contributed by atoms with Gasteiger partial charge in [0.2, 0.25) is 0 Å². The fourth-order valence-corrected chi connectivity index (χ4v) is 2.57. The lowest BCUT2D eigenvalue weighted by atomic mass is 9.97. The molecule has 96 valence electrons. The van der Waals surface area contributed by atoms with Crippen LogP contribution in [0.5, 0.6) is 0 Å². The van der Waals surface area contributed by atoms with E-state index >= 15 is 0 Å². The second-order valence-electron chi connectivity index (χ2n) is 4.97. The summed E-state index contributed by atoms with van der Waals surface area (Å²) in [7, 11) is 0. The predicted molar refractivity (Wildman–Crippen MR) is 60.5 cm³/mol. The second-order valence-corrected chi connectivity index (χ2v) is 4.97. The molecular weight excluding hydrogens is 222 g/mol. The quantitative estimate of drug-likeness (QED) is 0.779. The van der Waals surface area contributed by atoms with Crippen LogP contribution in [-0.4, -0.2) is 47.2 Å². The molecule has 5 nitrogen and oxygen atoms in total. The summed E-state index contributed by atoms with van der Waals surface area (Å²) in [6.07, 6.45) is 2.90. The normalized spacial score (nSPS) is 33.7. The fourth-order valence-electron chi connectivity index (χ4n) is 2.57. The smallest absolute Gasteiger partial charge is 0.308 e. The summed E-state index contributed by atoms with van der Waals surface area (Å²) >= 11 is 0. The highest BCUT2D eigenvalue weighted by molar-refractivity contribution is 5.82. The fraction of sp³-hybridized carbons (Fsp3) is 0.833. The van der Waals surface area contributed by atoms with Crippen LogP contribution < -0.4 is 0 Å². The Bertz CT molecular complexity index is 318. The van der Waals surface area contributed by atoms with Crippen molar-refractivity contribution in [2.45, 2.75) is 44.8 Å². The second kappa shape index (κ2) is 5.04. The summed E-state index contributed by atoms with van der Waals surface area (Å²) in [5, 5.41) is 8.98. The molecule has 0 aromatic rings. The van der Waals surface area contributed by atoms with E-state index in [9.17, 15) is 9.59 Å². The topological polar surface area (TPSA) is 66.8 Å². The third-order valence-corrected chi connectivity index (χ3v) is 3.59. The van der Waals surface area contributed by atoms with Crippen LogP contribution in [-0.2, 0) is 14.3 Å². The molecule has 2 aliphatic rings. The van der Waals surface area contributed by atoms with Crippen molar-refractivity contribution in [3.8, 4) is 0 Å². The zero-order valence-corrected chi connectivity index (χ0v) is 10.1. The van der Waals surface area contributed by atoms with E-state index in [-0.39, 0.29) is 18.1 Å². The van der Waals surface area contributed by atoms with E-state index in [2.05, 4.69) is 0 Å². The van der Waals surface area contributed by atoms with Gasteiger partial charge in [-0.15, -0.1) is 0 Å². The van der Waals surface area contributed by atoms with Gasteiger partial charge < -0.3 is 14.7 Å². The first-order valence-electron chi connectivity index (χ1n) is 6.25. The van der Waals surface area contributed by atoms with Gasteiger partial charge in [-0.3, -0.25) is 9.59 Å². The summed E-state index contributed by atoms with van der Waals surface area (Å²) < 4.78 is 5.53. The molecule has 2 fully saturated rings. The number of carboxylic acid groups (broad SMARTS) is 1. The van der Waals surface area contributed by atoms with Gasteiger partial charge in [0.1, 0.15) is 6.10 Å². The average Bonchev–Trinajstić information content (AvgIpc) is 2.75. The number of likely N-dealkylation sites (tertiary alicyclic amines) is 1. The Hall–Kier alpha value is -1.10. The summed E-state index contributed by atoms with van der Waals surface area (Å²) in [5.74, 6) is -1.24. The molecule has 2 aliphatic heterocycles. The van der Waals surface area contributed by atoms with E-state index in [0.717, 1.165) is 19.3 Å². The Kier molecular flexibility index (Phi) is 3.66. The number of hydrogen-bond donors (Lipinski definition) is 1. The van der Waals surface area contributed by atoms with Crippen molar-refractivity contribution in [2.24, 2.45) is 5.92 Å². The van der Waals surface area contributed by atoms with Crippen molar-refractivity contribution >= 4 is 11.9 Å². The monoisotopic (exact) mass is 241 g/mol. The molecule has 2 unspecified atom stereocenters. The standard InChI is InChI=1S/C12H19NO4/c1-8-4-5-10(17-8)11(14)13-6-2-3-9(7-13)12(15)16/h8-10H,2-7H2,1H3,(H,15,16)/t8?,9-,10?/m0/s1. The maximum atomic E-state index is 12.1. The van der Waals surface area contributed by atoms with Gasteiger partial charge in [-0.05, 0) is 32.6 Å². The zero-order chi connectivity index (χ0) is 12.4. The third-order valence-electron chi connectivity index (χ3n) is 3.59. The van der Waals surface area contributed by atoms with E-state index in [1.807, 2.05) is 6.92 Å². The molecule has 0 saturated carbocycles. The van der Waals surface area contributed by atoms with Crippen LogP contribution in [0.3, 0.4) is 0 Å². The summed E-state index contributed by atoms with van der Waals surface area (Å²) in [5.41, 5.74) is 0. The molecule has 5 heteroatoms. The van der Waals surface area contributed by atoms with Crippen LogP contribution in [0.4, 0.5) is 0 Å². The van der Waals surface area contributed by atoms with Gasteiger partial charge in [0, 0.05) is 13.1 Å². The summed E-state index contributed by atoms with van der Waals surface area (Å²) in [4.78, 5) is 24.7. The number of nitrogens with zero attached hydrogens (tertiary/aromatic N) is 1. The number of amides is 1. The maximum absolute atomic E-state index is 12.1. The Balaban J connectivity index is 1.93. The number of ether oxygens (including phenoxy) is 1. The number of aliphatic carboxylic acids is 1. The van der Waals surface area contributed by atoms with Crippen molar-refractivity contribution in [1.29, 1.82) is 0 Å². The van der Waals surface area contributed by atoms with Gasteiger partial charge in [0.05, 0.1) is 12.0 Å². The highest BCUT2D eigenvalue weighted by atomic mass is 16.5. The van der Waals surface area contributed by atoms with Gasteiger partial charge in [0.15, 0.2) is 0 Å². The van der Waals surface area contributed by atoms with Crippen molar-refractivity contribution in [3.05, 3.63) is 0 Å². The van der Waals surface area contributed by atoms with Gasteiger partial charge in [-0.2, -0.15) is 0 Å². The van der Waals surface area contributed by atoms with Crippen LogP contribution in [0.25, 0.3) is 0 Å². The minimum absolute atomic E-state index is 0.0275. The lowest BCUT2D eigenvalue weighted by Gasteiger charge is -2.32. The largest absolute Gasteiger partial charge is 0.481 e. The van der Waals surface area contributed by atoms with E-state index in [4.69, 9.17) is 9.84 Å². The number of carbonyl (C=O) groups is 2. The number of rotatable bonds is 2. The number of carboxylic acids is 1. The molecule has 2 rings (SSSR count). The van der Waals surface area contributed by atoms with Crippen LogP contribution in [0.2, 0.25) is 0 Å². The molecule has 0 spiro atoms. The minimum Gasteiger partial charge on any atom is -0.481 e. The van der Waals surface area contributed by atoms with E-state index in [1.165, 1.54) is 0 Å². The lowest BCUT2D eigenvalue weighted by molar-refractivity contribution is -0.149. The van der Waals surface area contributed by atoms with Crippen molar-refractivity contribution in [1.82, 2.24) is 4.90 Å². The molecular formula is C12H19NO4. The molecule has 0 aliphatic carbocycles. The predicted octanol–water partition coefficient (Wildman–Crippen LogP) is 0.877. The highest BCUT2D eigenvalue weighted by Crippen LogP contribution is 2.24. The summed E-state index contributed by atoms with van der Waals surface area (Å²) in [6, 6.07) is 0. The van der Waals surface area contributed by atoms with Crippen LogP contribution >= 0.6 is 0 Å². The van der Waals surface area contributed by atoms with Gasteiger partial charge in [0.25, 0.3) is 5.91 Å². The third kappa shape index (κ3) is 2.77. The number of hydrogen-bond acceptors (Lipinski definition) is 3. The molecule has 3 atom stereocenters. The van der Waals surface area contributed by atoms with Crippen LogP contribution in [0.15, 0.2) is 0 Å².